The molecule has 1 saturated heterocycles. The third-order valence-corrected chi connectivity index (χ3v) is 8.37. The van der Waals surface area contributed by atoms with Crippen molar-refractivity contribution >= 4 is 41.0 Å². The number of hydrogen-bond donors (Lipinski definition) is 4. The molecule has 5 rings (SSSR count). The molecule has 1 fully saturated rings. The minimum atomic E-state index is -1.18. The van der Waals surface area contributed by atoms with E-state index < -0.39 is 41.6 Å². The van der Waals surface area contributed by atoms with Crippen LogP contribution in [0.5, 0.6) is 5.75 Å². The van der Waals surface area contributed by atoms with E-state index in [1.165, 1.54) is 43.6 Å². The van der Waals surface area contributed by atoms with Crippen LogP contribution in [0.3, 0.4) is 0 Å². The van der Waals surface area contributed by atoms with Gasteiger partial charge in [0, 0.05) is 54.8 Å². The second-order valence-corrected chi connectivity index (χ2v) is 11.2. The maximum absolute atomic E-state index is 14.9. The van der Waals surface area contributed by atoms with Gasteiger partial charge in [-0.05, 0) is 55.2 Å². The summed E-state index contributed by atoms with van der Waals surface area (Å²) in [6.07, 6.45) is 4.55. The molecular weight excluding hydrogens is 644 g/mol. The molecular formula is C33H35F2N7O7. The van der Waals surface area contributed by atoms with E-state index in [0.717, 1.165) is 0 Å². The fourth-order valence-electron chi connectivity index (χ4n) is 5.67. The number of likely N-dealkylation sites (tertiary alicyclic amines) is 1. The van der Waals surface area contributed by atoms with Gasteiger partial charge in [0.1, 0.15) is 6.04 Å². The Labute approximate surface area is 279 Å². The SMILES string of the molecule is CCc1cc(Nc2nccn3c(-c4ccc(OC)c(F)c4F)cnc23)ccc1C(=O)N[C@@H](CNC(=O)C1CCN(C(=O)O)CC1)C(=O)OC. The predicted octanol–water partition coefficient (Wildman–Crippen LogP) is 3.77. The van der Waals surface area contributed by atoms with E-state index in [0.29, 0.717) is 53.2 Å². The maximum atomic E-state index is 14.9. The van der Waals surface area contributed by atoms with E-state index in [4.69, 9.17) is 14.6 Å². The van der Waals surface area contributed by atoms with Crippen molar-refractivity contribution in [2.24, 2.45) is 5.92 Å². The molecule has 2 aromatic carbocycles. The van der Waals surface area contributed by atoms with Gasteiger partial charge in [0.15, 0.2) is 23.0 Å². The molecule has 0 radical (unpaired) electrons. The number of carboxylic acid groups (broad SMARTS) is 1. The van der Waals surface area contributed by atoms with Crippen LogP contribution in [0.25, 0.3) is 16.9 Å². The molecule has 1 aliphatic heterocycles. The number of methoxy groups -OCH3 is 2. The van der Waals surface area contributed by atoms with Crippen LogP contribution in [-0.4, -0.2) is 88.1 Å². The van der Waals surface area contributed by atoms with E-state index in [-0.39, 0.29) is 36.9 Å². The number of anilines is 2. The number of nitrogens with one attached hydrogen (secondary N) is 3. The summed E-state index contributed by atoms with van der Waals surface area (Å²) in [4.78, 5) is 59.8. The highest BCUT2D eigenvalue weighted by atomic mass is 19.2. The summed E-state index contributed by atoms with van der Waals surface area (Å²) in [5, 5.41) is 17.6. The van der Waals surface area contributed by atoms with Crippen LogP contribution in [0.1, 0.15) is 35.7 Å². The standard InChI is InChI=1S/C33H35F2N7O7/c1-4-18-15-20(39-28-29-37-17-24(42(29)14-11-36-28)22-7-8-25(48-2)27(35)26(22)34)5-6-21(18)31(44)40-23(32(45)49-3)16-38-30(43)19-9-12-41(13-10-19)33(46)47/h5-8,11,14-15,17,19,23H,4,9-10,12-13,16H2,1-3H3,(H,36,39)(H,38,43)(H,40,44)(H,46,47)/t23-/m0/s1. The molecule has 0 saturated carbocycles. The van der Waals surface area contributed by atoms with Gasteiger partial charge in [0.25, 0.3) is 5.91 Å². The number of carbonyl (C=O) groups is 4. The van der Waals surface area contributed by atoms with Crippen molar-refractivity contribution in [1.82, 2.24) is 29.9 Å². The minimum absolute atomic E-state index is 0.0162. The Hall–Kier alpha value is -5.80. The van der Waals surface area contributed by atoms with Gasteiger partial charge in [-0.15, -0.1) is 0 Å². The van der Waals surface area contributed by atoms with Crippen molar-refractivity contribution in [2.45, 2.75) is 32.2 Å². The molecule has 0 spiro atoms. The van der Waals surface area contributed by atoms with Gasteiger partial charge in [0.05, 0.1) is 26.1 Å². The van der Waals surface area contributed by atoms with Crippen molar-refractivity contribution in [3.63, 3.8) is 0 Å². The average molecular weight is 680 g/mol. The lowest BCUT2D eigenvalue weighted by Crippen LogP contribution is -2.50. The van der Waals surface area contributed by atoms with Crippen LogP contribution < -0.4 is 20.7 Å². The molecule has 0 bridgehead atoms. The van der Waals surface area contributed by atoms with Crippen LogP contribution in [0.4, 0.5) is 25.1 Å². The highest BCUT2D eigenvalue weighted by Crippen LogP contribution is 2.32. The quantitative estimate of drug-likeness (QED) is 0.171. The number of esters is 1. The summed E-state index contributed by atoms with van der Waals surface area (Å²) in [6, 6.07) is 6.50. The number of piperidine rings is 1. The van der Waals surface area contributed by atoms with Gasteiger partial charge < -0.3 is 35.4 Å². The molecule has 0 aliphatic carbocycles. The third kappa shape index (κ3) is 7.37. The molecule has 0 unspecified atom stereocenters. The van der Waals surface area contributed by atoms with Gasteiger partial charge in [-0.25, -0.2) is 23.9 Å². The molecule has 4 N–H and O–H groups in total. The molecule has 16 heteroatoms. The number of amides is 3. The lowest BCUT2D eigenvalue weighted by Gasteiger charge is -2.29. The van der Waals surface area contributed by atoms with Gasteiger partial charge in [-0.3, -0.25) is 14.0 Å². The summed E-state index contributed by atoms with van der Waals surface area (Å²) in [6.45, 7) is 2.10. The Bertz CT molecular complexity index is 1890. The van der Waals surface area contributed by atoms with E-state index in [9.17, 15) is 28.0 Å². The fraction of sp³-hybridized carbons (Fsp3) is 0.333. The first-order chi connectivity index (χ1) is 23.6. The Morgan fingerprint density at radius 3 is 2.49 bits per heavy atom. The fourth-order valence-corrected chi connectivity index (χ4v) is 5.67. The number of carbonyl (C=O) groups excluding carboxylic acids is 3. The number of imidazole rings is 1. The van der Waals surface area contributed by atoms with Crippen LogP contribution in [0.15, 0.2) is 48.9 Å². The third-order valence-electron chi connectivity index (χ3n) is 8.37. The summed E-state index contributed by atoms with van der Waals surface area (Å²) < 4.78 is 40.6. The van der Waals surface area contributed by atoms with Crippen LogP contribution in [-0.2, 0) is 20.7 Å². The molecule has 3 heterocycles. The van der Waals surface area contributed by atoms with Crippen molar-refractivity contribution in [3.05, 3.63) is 71.7 Å². The van der Waals surface area contributed by atoms with Gasteiger partial charge in [-0.2, -0.15) is 4.39 Å². The summed E-state index contributed by atoms with van der Waals surface area (Å²) >= 11 is 0. The Morgan fingerprint density at radius 1 is 1.06 bits per heavy atom. The molecule has 1 aliphatic rings. The summed E-state index contributed by atoms with van der Waals surface area (Å²) in [7, 11) is 2.42. The number of fused-ring (bicyclic) bond motifs is 1. The Balaban J connectivity index is 1.29. The van der Waals surface area contributed by atoms with Gasteiger partial charge in [0.2, 0.25) is 11.7 Å². The monoisotopic (exact) mass is 679 g/mol. The second kappa shape index (κ2) is 15.0. The molecule has 2 aromatic heterocycles. The number of halogens is 2. The molecule has 4 aromatic rings. The number of aryl methyl sites for hydroxylation is 1. The van der Waals surface area contributed by atoms with E-state index in [1.54, 1.807) is 28.8 Å². The topological polar surface area (TPSA) is 176 Å². The number of hydrogen-bond acceptors (Lipinski definition) is 9. The Morgan fingerprint density at radius 2 is 1.82 bits per heavy atom. The first-order valence-electron chi connectivity index (χ1n) is 15.4. The van der Waals surface area contributed by atoms with E-state index >= 15 is 0 Å². The van der Waals surface area contributed by atoms with Crippen molar-refractivity contribution in [1.29, 1.82) is 0 Å². The largest absolute Gasteiger partial charge is 0.494 e. The number of nitrogens with zero attached hydrogens (tertiary/aromatic N) is 4. The zero-order chi connectivity index (χ0) is 35.2. The maximum Gasteiger partial charge on any atom is 0.407 e. The van der Waals surface area contributed by atoms with Crippen LogP contribution in [0, 0.1) is 17.6 Å². The van der Waals surface area contributed by atoms with E-state index in [1.807, 2.05) is 6.92 Å². The molecule has 49 heavy (non-hydrogen) atoms. The Kier molecular flexibility index (Phi) is 10.5. The lowest BCUT2D eigenvalue weighted by atomic mass is 9.96. The molecule has 1 atom stereocenters. The highest BCUT2D eigenvalue weighted by molar-refractivity contribution is 5.98. The van der Waals surface area contributed by atoms with Crippen LogP contribution in [0.2, 0.25) is 0 Å². The molecule has 258 valence electrons. The van der Waals surface area contributed by atoms with Crippen molar-refractivity contribution < 1.29 is 42.5 Å². The smallest absolute Gasteiger partial charge is 0.407 e. The van der Waals surface area contributed by atoms with Crippen molar-refractivity contribution in [3.8, 4) is 17.0 Å². The van der Waals surface area contributed by atoms with Crippen molar-refractivity contribution in [2.75, 3.05) is 39.2 Å². The van der Waals surface area contributed by atoms with Gasteiger partial charge >= 0.3 is 12.1 Å². The highest BCUT2D eigenvalue weighted by Gasteiger charge is 2.29. The summed E-state index contributed by atoms with van der Waals surface area (Å²) in [5.74, 6) is -4.17. The number of rotatable bonds is 11. The normalized spacial score (nSPS) is 13.9. The molecule has 14 nitrogen and oxygen atoms in total. The average Bonchev–Trinajstić information content (AvgIpc) is 3.55. The first kappa shape index (κ1) is 34.5. The lowest BCUT2D eigenvalue weighted by molar-refractivity contribution is -0.142. The number of benzene rings is 2. The second-order valence-electron chi connectivity index (χ2n) is 11.2. The first-order valence-corrected chi connectivity index (χ1v) is 15.4. The predicted molar refractivity (Wildman–Crippen MR) is 173 cm³/mol. The number of aromatic nitrogens is 3. The number of ether oxygens (including phenoxy) is 2. The van der Waals surface area contributed by atoms with Crippen LogP contribution >= 0.6 is 0 Å². The minimum Gasteiger partial charge on any atom is -0.494 e. The van der Waals surface area contributed by atoms with E-state index in [2.05, 4.69) is 25.9 Å². The zero-order valence-electron chi connectivity index (χ0n) is 27.0. The zero-order valence-corrected chi connectivity index (χ0v) is 27.0. The summed E-state index contributed by atoms with van der Waals surface area (Å²) in [5.41, 5.74) is 2.10. The van der Waals surface area contributed by atoms with Gasteiger partial charge in [-0.1, -0.05) is 6.92 Å². The molecule has 3 amide bonds.